The standard InChI is InChI=1S/C24H29NO4/c26-20-8-4-5-18(15-20)9-10-23(28)25-13-11-24(12-14-25)17-21(27)16-22(29-24)19-6-2-1-3-7-19/h1-8,15,21-22,26-27H,9-14,16-17H2/t21-,22-/m1/s1. The number of amides is 1. The predicted octanol–water partition coefficient (Wildman–Crippen LogP) is 3.60. The van der Waals surface area contributed by atoms with Gasteiger partial charge in [-0.05, 0) is 42.5 Å². The summed E-state index contributed by atoms with van der Waals surface area (Å²) in [6.45, 7) is 1.32. The summed E-state index contributed by atoms with van der Waals surface area (Å²) in [6, 6.07) is 17.2. The molecule has 29 heavy (non-hydrogen) atoms. The van der Waals surface area contributed by atoms with E-state index in [-0.39, 0.29) is 29.5 Å². The van der Waals surface area contributed by atoms with Crippen molar-refractivity contribution < 1.29 is 19.7 Å². The van der Waals surface area contributed by atoms with E-state index in [4.69, 9.17) is 4.74 Å². The van der Waals surface area contributed by atoms with Crippen molar-refractivity contribution in [2.75, 3.05) is 13.1 Å². The molecule has 1 amide bonds. The first kappa shape index (κ1) is 19.9. The largest absolute Gasteiger partial charge is 0.508 e. The third-order valence-electron chi connectivity index (χ3n) is 6.22. The summed E-state index contributed by atoms with van der Waals surface area (Å²) in [5.74, 6) is 0.370. The van der Waals surface area contributed by atoms with E-state index in [1.807, 2.05) is 29.2 Å². The van der Waals surface area contributed by atoms with Crippen LogP contribution in [0, 0.1) is 0 Å². The van der Waals surface area contributed by atoms with Gasteiger partial charge >= 0.3 is 0 Å². The molecule has 154 valence electrons. The molecular formula is C24H29NO4. The van der Waals surface area contributed by atoms with Crippen LogP contribution in [0.1, 0.15) is 49.3 Å². The molecule has 5 heteroatoms. The van der Waals surface area contributed by atoms with E-state index in [1.165, 1.54) is 0 Å². The summed E-state index contributed by atoms with van der Waals surface area (Å²) in [7, 11) is 0. The van der Waals surface area contributed by atoms with Crippen molar-refractivity contribution in [1.82, 2.24) is 4.90 Å². The molecule has 2 aliphatic rings. The van der Waals surface area contributed by atoms with E-state index >= 15 is 0 Å². The molecule has 2 heterocycles. The maximum atomic E-state index is 12.7. The van der Waals surface area contributed by atoms with Crippen LogP contribution in [-0.2, 0) is 16.0 Å². The van der Waals surface area contributed by atoms with E-state index < -0.39 is 0 Å². The van der Waals surface area contributed by atoms with Gasteiger partial charge in [-0.25, -0.2) is 0 Å². The van der Waals surface area contributed by atoms with Crippen molar-refractivity contribution in [2.24, 2.45) is 0 Å². The highest BCUT2D eigenvalue weighted by molar-refractivity contribution is 5.76. The molecule has 2 saturated heterocycles. The molecular weight excluding hydrogens is 366 g/mol. The Hall–Kier alpha value is -2.37. The average molecular weight is 395 g/mol. The van der Waals surface area contributed by atoms with Gasteiger partial charge in [-0.1, -0.05) is 42.5 Å². The monoisotopic (exact) mass is 395 g/mol. The minimum absolute atomic E-state index is 0.0899. The number of aliphatic hydroxyl groups excluding tert-OH is 1. The summed E-state index contributed by atoms with van der Waals surface area (Å²) in [6.07, 6.45) is 3.37. The van der Waals surface area contributed by atoms with Crippen molar-refractivity contribution in [3.63, 3.8) is 0 Å². The number of benzene rings is 2. The maximum Gasteiger partial charge on any atom is 0.222 e. The Balaban J connectivity index is 1.33. The van der Waals surface area contributed by atoms with E-state index in [0.717, 1.165) is 24.0 Å². The van der Waals surface area contributed by atoms with Crippen molar-refractivity contribution in [3.8, 4) is 5.75 Å². The molecule has 2 aromatic rings. The van der Waals surface area contributed by atoms with Crippen molar-refractivity contribution in [3.05, 3.63) is 65.7 Å². The Morgan fingerprint density at radius 2 is 1.86 bits per heavy atom. The molecule has 0 radical (unpaired) electrons. The fourth-order valence-corrected chi connectivity index (χ4v) is 4.64. The number of phenols is 1. The smallest absolute Gasteiger partial charge is 0.222 e. The zero-order valence-electron chi connectivity index (χ0n) is 16.7. The molecule has 2 atom stereocenters. The fraction of sp³-hybridized carbons (Fsp3) is 0.458. The van der Waals surface area contributed by atoms with Gasteiger partial charge in [-0.3, -0.25) is 4.79 Å². The summed E-state index contributed by atoms with van der Waals surface area (Å²) in [5, 5.41) is 20.0. The van der Waals surface area contributed by atoms with Crippen molar-refractivity contribution >= 4 is 5.91 Å². The van der Waals surface area contributed by atoms with Crippen LogP contribution >= 0.6 is 0 Å². The van der Waals surface area contributed by atoms with Crippen LogP contribution in [0.4, 0.5) is 0 Å². The van der Waals surface area contributed by atoms with Gasteiger partial charge in [0.2, 0.25) is 5.91 Å². The van der Waals surface area contributed by atoms with E-state index in [9.17, 15) is 15.0 Å². The highest BCUT2D eigenvalue weighted by Gasteiger charge is 2.44. The topological polar surface area (TPSA) is 70.0 Å². The number of nitrogens with zero attached hydrogens (tertiary/aromatic N) is 1. The normalized spacial score (nSPS) is 23.8. The lowest BCUT2D eigenvalue weighted by Gasteiger charge is -2.48. The van der Waals surface area contributed by atoms with Crippen LogP contribution < -0.4 is 0 Å². The molecule has 2 aromatic carbocycles. The number of piperidine rings is 1. The quantitative estimate of drug-likeness (QED) is 0.830. The van der Waals surface area contributed by atoms with E-state index in [1.54, 1.807) is 18.2 Å². The number of carbonyl (C=O) groups is 1. The number of carbonyl (C=O) groups excluding carboxylic acids is 1. The molecule has 4 rings (SSSR count). The third kappa shape index (κ3) is 4.80. The zero-order chi connectivity index (χ0) is 20.3. The molecule has 0 aromatic heterocycles. The van der Waals surface area contributed by atoms with Gasteiger partial charge in [0.05, 0.1) is 17.8 Å². The number of aryl methyl sites for hydroxylation is 1. The Bertz CT molecular complexity index is 830. The second-order valence-corrected chi connectivity index (χ2v) is 8.34. The number of hydrogen-bond acceptors (Lipinski definition) is 4. The summed E-state index contributed by atoms with van der Waals surface area (Å²) in [4.78, 5) is 14.6. The van der Waals surface area contributed by atoms with E-state index in [2.05, 4.69) is 12.1 Å². The molecule has 0 saturated carbocycles. The van der Waals surface area contributed by atoms with Crippen LogP contribution in [-0.4, -0.2) is 45.8 Å². The lowest BCUT2D eigenvalue weighted by molar-refractivity contribution is -0.185. The number of aromatic hydroxyl groups is 1. The number of hydrogen-bond donors (Lipinski definition) is 2. The van der Waals surface area contributed by atoms with Gasteiger partial charge in [0.1, 0.15) is 5.75 Å². The minimum Gasteiger partial charge on any atom is -0.508 e. The second-order valence-electron chi connectivity index (χ2n) is 8.34. The summed E-state index contributed by atoms with van der Waals surface area (Å²) < 4.78 is 6.52. The number of aliphatic hydroxyl groups is 1. The average Bonchev–Trinajstić information content (AvgIpc) is 2.73. The highest BCUT2D eigenvalue weighted by atomic mass is 16.5. The third-order valence-corrected chi connectivity index (χ3v) is 6.22. The number of phenolic OH excluding ortho intramolecular Hbond substituents is 1. The SMILES string of the molecule is O=C(CCc1cccc(O)c1)N1CCC2(CC1)C[C@H](O)C[C@H](c1ccccc1)O2. The molecule has 0 bridgehead atoms. The Morgan fingerprint density at radius 3 is 2.59 bits per heavy atom. The molecule has 2 N–H and O–H groups in total. The highest BCUT2D eigenvalue weighted by Crippen LogP contribution is 2.43. The Morgan fingerprint density at radius 1 is 1.10 bits per heavy atom. The Labute approximate surface area is 171 Å². The van der Waals surface area contributed by atoms with Gasteiger partial charge in [-0.2, -0.15) is 0 Å². The summed E-state index contributed by atoms with van der Waals surface area (Å²) >= 11 is 0. The van der Waals surface area contributed by atoms with E-state index in [0.29, 0.717) is 38.8 Å². The van der Waals surface area contributed by atoms with Gasteiger partial charge in [0, 0.05) is 32.4 Å². The maximum absolute atomic E-state index is 12.7. The molecule has 5 nitrogen and oxygen atoms in total. The number of rotatable bonds is 4. The molecule has 0 unspecified atom stereocenters. The first-order chi connectivity index (χ1) is 14.0. The van der Waals surface area contributed by atoms with Crippen LogP contribution in [0.5, 0.6) is 5.75 Å². The molecule has 0 aliphatic carbocycles. The lowest BCUT2D eigenvalue weighted by Crippen LogP contribution is -2.52. The second kappa shape index (κ2) is 8.56. The number of likely N-dealkylation sites (tertiary alicyclic amines) is 1. The van der Waals surface area contributed by atoms with Gasteiger partial charge in [0.25, 0.3) is 0 Å². The van der Waals surface area contributed by atoms with Crippen molar-refractivity contribution in [1.29, 1.82) is 0 Å². The zero-order valence-corrected chi connectivity index (χ0v) is 16.7. The first-order valence-corrected chi connectivity index (χ1v) is 10.5. The van der Waals surface area contributed by atoms with Crippen molar-refractivity contribution in [2.45, 2.75) is 56.3 Å². The minimum atomic E-state index is -0.373. The molecule has 2 aliphatic heterocycles. The summed E-state index contributed by atoms with van der Waals surface area (Å²) in [5.41, 5.74) is 1.73. The van der Waals surface area contributed by atoms with Gasteiger partial charge in [0.15, 0.2) is 0 Å². The van der Waals surface area contributed by atoms with Crippen LogP contribution in [0.15, 0.2) is 54.6 Å². The molecule has 1 spiro atoms. The Kier molecular flexibility index (Phi) is 5.88. The fourth-order valence-electron chi connectivity index (χ4n) is 4.64. The number of ether oxygens (including phenoxy) is 1. The van der Waals surface area contributed by atoms with Gasteiger partial charge < -0.3 is 19.8 Å². The molecule has 2 fully saturated rings. The van der Waals surface area contributed by atoms with Gasteiger partial charge in [-0.15, -0.1) is 0 Å². The van der Waals surface area contributed by atoms with Crippen LogP contribution in [0.25, 0.3) is 0 Å². The van der Waals surface area contributed by atoms with Crippen LogP contribution in [0.3, 0.4) is 0 Å². The van der Waals surface area contributed by atoms with Crippen LogP contribution in [0.2, 0.25) is 0 Å². The predicted molar refractivity (Wildman–Crippen MR) is 110 cm³/mol. The lowest BCUT2D eigenvalue weighted by atomic mass is 9.81. The first-order valence-electron chi connectivity index (χ1n) is 10.5.